The van der Waals surface area contributed by atoms with Gasteiger partial charge in [0.1, 0.15) is 18.5 Å². The van der Waals surface area contributed by atoms with Crippen molar-refractivity contribution in [2.24, 2.45) is 35.5 Å². The topological polar surface area (TPSA) is 178 Å². The number of allylic oxidation sites excluding steroid dienone is 2. The molecule has 1 amide bonds. The molecular weight excluding hydrogens is 771 g/mol. The van der Waals surface area contributed by atoms with E-state index in [1.165, 1.54) is 4.90 Å². The van der Waals surface area contributed by atoms with Crippen LogP contribution in [0.1, 0.15) is 126 Å². The average molecular weight is 850 g/mol. The molecule has 0 aromatic carbocycles. The molecule has 0 aromatic heterocycles. The highest BCUT2D eigenvalue weighted by molar-refractivity contribution is 6.39. The number of Topliss-reactive ketones (excluding diaryl/α,β-unsaturated/α-hetero) is 3. The standard InChI is InChI=1S/C47H79NO12/c1-12-15-30(5)37(50)26-38(51)33(8)43(31(6)23-34-18-19-36(49)41(25-34)57-10)59-27-39(52)35-16-13-14-21-48(35)46(54)45(53)47(55)32(7)24-42(58-11)44(60-47)40(56-9)20-17-29(4)22-28(2)3/h12,23,28-30,32-36,38,40-44,49,51,55H,1,13-22,24-27H2,2-11H3. The Hall–Kier alpha value is -2.36. The van der Waals surface area contributed by atoms with Crippen LogP contribution in [0, 0.1) is 35.5 Å². The lowest BCUT2D eigenvalue weighted by molar-refractivity contribution is -0.302. The summed E-state index contributed by atoms with van der Waals surface area (Å²) in [7, 11) is 4.69. The Morgan fingerprint density at radius 1 is 0.967 bits per heavy atom. The van der Waals surface area contributed by atoms with Crippen LogP contribution in [0.15, 0.2) is 24.3 Å². The number of carbonyl (C=O) groups is 4. The van der Waals surface area contributed by atoms with E-state index in [0.29, 0.717) is 56.8 Å². The van der Waals surface area contributed by atoms with Crippen molar-refractivity contribution in [2.45, 2.75) is 180 Å². The fourth-order valence-corrected chi connectivity index (χ4v) is 9.60. The number of piperidine rings is 1. The van der Waals surface area contributed by atoms with Crippen LogP contribution >= 0.6 is 0 Å². The Morgan fingerprint density at radius 2 is 1.65 bits per heavy atom. The van der Waals surface area contributed by atoms with E-state index in [0.717, 1.165) is 24.8 Å². The minimum atomic E-state index is -2.46. The van der Waals surface area contributed by atoms with Crippen molar-refractivity contribution in [2.75, 3.05) is 34.5 Å². The van der Waals surface area contributed by atoms with Gasteiger partial charge in [0, 0.05) is 52.0 Å². The van der Waals surface area contributed by atoms with Crippen LogP contribution in [0.5, 0.6) is 0 Å². The predicted octanol–water partition coefficient (Wildman–Crippen LogP) is 5.79. The van der Waals surface area contributed by atoms with Crippen LogP contribution in [0.2, 0.25) is 0 Å². The lowest BCUT2D eigenvalue weighted by Crippen LogP contribution is -2.64. The molecule has 344 valence electrons. The summed E-state index contributed by atoms with van der Waals surface area (Å²) in [5.41, 5.74) is 0.766. The third-order valence-electron chi connectivity index (χ3n) is 13.4. The lowest BCUT2D eigenvalue weighted by Gasteiger charge is -2.46. The van der Waals surface area contributed by atoms with Crippen molar-refractivity contribution in [3.05, 3.63) is 24.3 Å². The number of rotatable bonds is 24. The highest BCUT2D eigenvalue weighted by atomic mass is 16.7. The van der Waals surface area contributed by atoms with Gasteiger partial charge in [-0.25, -0.2) is 0 Å². The van der Waals surface area contributed by atoms with Crippen LogP contribution < -0.4 is 0 Å². The molecule has 0 spiro atoms. The first kappa shape index (κ1) is 52.0. The molecule has 3 aliphatic rings. The number of nitrogens with zero attached hydrogens (tertiary/aromatic N) is 1. The summed E-state index contributed by atoms with van der Waals surface area (Å²) in [6, 6.07) is -0.983. The third-order valence-corrected chi connectivity index (χ3v) is 13.4. The van der Waals surface area contributed by atoms with Crippen molar-refractivity contribution in [3.63, 3.8) is 0 Å². The number of hydrogen-bond acceptors (Lipinski definition) is 12. The quantitative estimate of drug-likeness (QED) is 0.0789. The fourth-order valence-electron chi connectivity index (χ4n) is 9.60. The van der Waals surface area contributed by atoms with Crippen molar-refractivity contribution >= 4 is 23.3 Å². The Balaban J connectivity index is 1.83. The smallest absolute Gasteiger partial charge is 0.296 e. The molecule has 1 saturated carbocycles. The fraction of sp³-hybridized carbons (Fsp3) is 0.830. The maximum Gasteiger partial charge on any atom is 0.296 e. The van der Waals surface area contributed by atoms with E-state index in [9.17, 15) is 34.5 Å². The second kappa shape index (κ2) is 24.5. The molecule has 0 aromatic rings. The van der Waals surface area contributed by atoms with Gasteiger partial charge in [0.05, 0.1) is 42.7 Å². The van der Waals surface area contributed by atoms with Crippen molar-refractivity contribution < 1.29 is 58.2 Å². The minimum absolute atomic E-state index is 0.0535. The molecule has 2 aliphatic heterocycles. The van der Waals surface area contributed by atoms with Crippen LogP contribution in [0.3, 0.4) is 0 Å². The van der Waals surface area contributed by atoms with Gasteiger partial charge in [0.25, 0.3) is 11.7 Å². The number of ketones is 3. The van der Waals surface area contributed by atoms with E-state index in [1.54, 1.807) is 48.2 Å². The zero-order chi connectivity index (χ0) is 44.9. The van der Waals surface area contributed by atoms with E-state index in [1.807, 2.05) is 13.0 Å². The molecule has 3 fully saturated rings. The molecule has 13 heteroatoms. The molecule has 0 bridgehead atoms. The minimum Gasteiger partial charge on any atom is -0.392 e. The van der Waals surface area contributed by atoms with Crippen LogP contribution in [0.4, 0.5) is 0 Å². The molecular formula is C47H79NO12. The van der Waals surface area contributed by atoms with Crippen molar-refractivity contribution in [1.82, 2.24) is 4.90 Å². The van der Waals surface area contributed by atoms with Gasteiger partial charge in [-0.3, -0.25) is 19.2 Å². The van der Waals surface area contributed by atoms with Gasteiger partial charge in [-0.05, 0) is 101 Å². The summed E-state index contributed by atoms with van der Waals surface area (Å²) in [4.78, 5) is 56.7. The van der Waals surface area contributed by atoms with Gasteiger partial charge in [-0.2, -0.15) is 0 Å². The summed E-state index contributed by atoms with van der Waals surface area (Å²) >= 11 is 0. The Labute approximate surface area is 359 Å². The summed E-state index contributed by atoms with van der Waals surface area (Å²) in [5, 5.41) is 33.7. The number of aliphatic hydroxyl groups is 3. The second-order valence-corrected chi connectivity index (χ2v) is 18.7. The van der Waals surface area contributed by atoms with Gasteiger partial charge in [0.15, 0.2) is 5.78 Å². The van der Waals surface area contributed by atoms with Gasteiger partial charge in [-0.15, -0.1) is 6.58 Å². The van der Waals surface area contributed by atoms with E-state index < -0.39 is 84.4 Å². The average Bonchev–Trinajstić information content (AvgIpc) is 3.21. The highest BCUT2D eigenvalue weighted by Gasteiger charge is 2.56. The number of amides is 1. The maximum absolute atomic E-state index is 14.2. The predicted molar refractivity (Wildman–Crippen MR) is 229 cm³/mol. The number of likely N-dealkylation sites (tertiary alicyclic amines) is 1. The van der Waals surface area contributed by atoms with Gasteiger partial charge in [-0.1, -0.05) is 53.7 Å². The molecule has 1 aliphatic carbocycles. The maximum atomic E-state index is 14.2. The first-order chi connectivity index (χ1) is 28.3. The van der Waals surface area contributed by atoms with E-state index in [-0.39, 0.29) is 43.1 Å². The Bertz CT molecular complexity index is 1430. The van der Waals surface area contributed by atoms with Gasteiger partial charge in [0.2, 0.25) is 5.79 Å². The summed E-state index contributed by atoms with van der Waals surface area (Å²) in [6.45, 7) is 17.1. The van der Waals surface area contributed by atoms with Gasteiger partial charge >= 0.3 is 0 Å². The molecule has 3 N–H and O–H groups in total. The molecule has 14 atom stereocenters. The normalized spacial score (nSPS) is 30.9. The Morgan fingerprint density at radius 3 is 2.27 bits per heavy atom. The van der Waals surface area contributed by atoms with E-state index in [2.05, 4.69) is 27.4 Å². The highest BCUT2D eigenvalue weighted by Crippen LogP contribution is 2.39. The number of carbonyl (C=O) groups excluding carboxylic acids is 4. The lowest BCUT2D eigenvalue weighted by atomic mass is 9.82. The van der Waals surface area contributed by atoms with Crippen LogP contribution in [0.25, 0.3) is 0 Å². The molecule has 2 saturated heterocycles. The summed E-state index contributed by atoms with van der Waals surface area (Å²) < 4.78 is 29.8. The number of ether oxygens (including phenoxy) is 5. The number of aliphatic hydroxyl groups excluding tert-OH is 2. The Kier molecular flexibility index (Phi) is 21.2. The third kappa shape index (κ3) is 13.8. The van der Waals surface area contributed by atoms with Crippen molar-refractivity contribution in [3.8, 4) is 0 Å². The first-order valence-electron chi connectivity index (χ1n) is 22.5. The second-order valence-electron chi connectivity index (χ2n) is 18.7. The van der Waals surface area contributed by atoms with Crippen LogP contribution in [-0.2, 0) is 42.9 Å². The number of methoxy groups -OCH3 is 3. The monoisotopic (exact) mass is 850 g/mol. The molecule has 0 radical (unpaired) electrons. The SMILES string of the molecule is C=CCC(C)C(=O)CC(O)C(C)C(OCC(=O)C1CCCCN1C(=O)C(=O)C1(O)OC(C(CCC(C)CC(C)C)OC)C(OC)CC1C)C(C)=CC1CCC(O)C(OC)C1. The molecule has 3 rings (SSSR count). The molecule has 13 nitrogen and oxygen atoms in total. The summed E-state index contributed by atoms with van der Waals surface area (Å²) in [5.74, 6) is -5.79. The number of hydrogen-bond donors (Lipinski definition) is 3. The van der Waals surface area contributed by atoms with E-state index in [4.69, 9.17) is 23.7 Å². The zero-order valence-corrected chi connectivity index (χ0v) is 38.3. The van der Waals surface area contributed by atoms with Crippen LogP contribution in [-0.4, -0.2) is 133 Å². The zero-order valence-electron chi connectivity index (χ0n) is 38.3. The van der Waals surface area contributed by atoms with Crippen molar-refractivity contribution in [1.29, 1.82) is 0 Å². The summed E-state index contributed by atoms with van der Waals surface area (Å²) in [6.07, 6.45) is 5.72. The molecule has 60 heavy (non-hydrogen) atoms. The largest absolute Gasteiger partial charge is 0.392 e. The van der Waals surface area contributed by atoms with Gasteiger partial charge < -0.3 is 43.9 Å². The first-order valence-corrected chi connectivity index (χ1v) is 22.5. The molecule has 14 unspecified atom stereocenters. The van der Waals surface area contributed by atoms with E-state index >= 15 is 0 Å². The molecule has 2 heterocycles.